The first-order valence-electron chi connectivity index (χ1n) is 10.3. The summed E-state index contributed by atoms with van der Waals surface area (Å²) in [6, 6.07) is 7.30. The number of fused-ring (bicyclic) bond motifs is 1. The zero-order chi connectivity index (χ0) is 24.8. The van der Waals surface area contributed by atoms with Crippen molar-refractivity contribution in [3.63, 3.8) is 0 Å². The van der Waals surface area contributed by atoms with Crippen molar-refractivity contribution in [2.24, 2.45) is 5.41 Å². The van der Waals surface area contributed by atoms with Crippen LogP contribution in [0.25, 0.3) is 0 Å². The summed E-state index contributed by atoms with van der Waals surface area (Å²) < 4.78 is 27.8. The fraction of sp³-hybridized carbons (Fsp3) is 0.348. The van der Waals surface area contributed by atoms with E-state index < -0.39 is 46.2 Å². The van der Waals surface area contributed by atoms with Crippen LogP contribution in [0.5, 0.6) is 0 Å². The normalized spacial score (nSPS) is 23.8. The van der Waals surface area contributed by atoms with E-state index in [1.165, 1.54) is 35.3 Å². The number of carboxylic acid groups (broad SMARTS) is 1. The van der Waals surface area contributed by atoms with Gasteiger partial charge in [-0.25, -0.2) is 8.78 Å². The van der Waals surface area contributed by atoms with E-state index in [4.69, 9.17) is 11.6 Å². The number of anilines is 1. The van der Waals surface area contributed by atoms with E-state index >= 15 is 0 Å². The Morgan fingerprint density at radius 1 is 1.29 bits per heavy atom. The molecule has 2 heterocycles. The summed E-state index contributed by atoms with van der Waals surface area (Å²) in [5.41, 5.74) is -0.435. The molecule has 2 saturated heterocycles. The van der Waals surface area contributed by atoms with Crippen LogP contribution in [0.1, 0.15) is 12.5 Å². The highest BCUT2D eigenvalue weighted by atomic mass is 35.5. The zero-order valence-electron chi connectivity index (χ0n) is 18.3. The Labute approximate surface area is 208 Å². The molecular weight excluding hydrogens is 506 g/mol. The molecule has 2 amide bonds. The summed E-state index contributed by atoms with van der Waals surface area (Å²) in [7, 11) is 0. The molecule has 34 heavy (non-hydrogen) atoms. The summed E-state index contributed by atoms with van der Waals surface area (Å²) in [6.45, 7) is 3.07. The van der Waals surface area contributed by atoms with Crippen LogP contribution in [0.3, 0.4) is 0 Å². The summed E-state index contributed by atoms with van der Waals surface area (Å²) in [6.07, 6.45) is 0. The maximum atomic E-state index is 14.4. The number of aliphatic carboxylic acids is 1. The molecule has 2 aliphatic rings. The molecule has 3 atom stereocenters. The van der Waals surface area contributed by atoms with Crippen molar-refractivity contribution in [2.75, 3.05) is 23.0 Å². The van der Waals surface area contributed by atoms with Crippen LogP contribution in [0.4, 0.5) is 14.5 Å². The number of thioether (sulfide) groups is 2. The minimum Gasteiger partial charge on any atom is -0.481 e. The van der Waals surface area contributed by atoms with Gasteiger partial charge >= 0.3 is 5.97 Å². The lowest BCUT2D eigenvalue weighted by Crippen LogP contribution is -2.74. The van der Waals surface area contributed by atoms with Gasteiger partial charge in [-0.15, -0.1) is 23.5 Å². The molecule has 11 heteroatoms. The van der Waals surface area contributed by atoms with E-state index in [1.807, 2.05) is 19.1 Å². The predicted molar refractivity (Wildman–Crippen MR) is 128 cm³/mol. The Morgan fingerprint density at radius 2 is 2.03 bits per heavy atom. The Kier molecular flexibility index (Phi) is 6.85. The van der Waals surface area contributed by atoms with Crippen LogP contribution in [0.2, 0.25) is 5.02 Å². The van der Waals surface area contributed by atoms with E-state index in [0.717, 1.165) is 27.5 Å². The molecule has 0 aromatic heterocycles. The third-order valence-electron chi connectivity index (χ3n) is 5.89. The summed E-state index contributed by atoms with van der Waals surface area (Å²) in [5.74, 6) is -3.37. The number of halogens is 3. The van der Waals surface area contributed by atoms with Gasteiger partial charge in [0.25, 0.3) is 0 Å². The molecule has 2 fully saturated rings. The van der Waals surface area contributed by atoms with Gasteiger partial charge in [-0.2, -0.15) is 0 Å². The Hall–Kier alpha value is -2.30. The standard InChI is InChI=1S/C23H21ClF2N2O4S2/c1-12-5-14(24)7-16(6-12)33-10-23(22(31)32)9-27-20(30)19(21(27)34-11-23)28(13(2)29)18-4-3-15(25)8-17(18)26/h3-8,19,21H,9-11H2,1-2H3,(H,31,32)/t19?,21-,23?/m1/s1. The summed E-state index contributed by atoms with van der Waals surface area (Å²) in [4.78, 5) is 41.0. The number of hydrogen-bond acceptors (Lipinski definition) is 5. The van der Waals surface area contributed by atoms with Gasteiger partial charge in [-0.05, 0) is 42.8 Å². The molecule has 0 spiro atoms. The molecule has 180 valence electrons. The fourth-order valence-corrected chi connectivity index (χ4v) is 7.50. The number of hydrogen-bond donors (Lipinski definition) is 1. The average Bonchev–Trinajstić information content (AvgIpc) is 2.75. The molecule has 0 saturated carbocycles. The number of amides is 2. The lowest BCUT2D eigenvalue weighted by Gasteiger charge is -2.56. The number of rotatable bonds is 6. The Bertz CT molecular complexity index is 1160. The molecule has 0 radical (unpaired) electrons. The maximum Gasteiger partial charge on any atom is 0.313 e. The number of carbonyl (C=O) groups is 3. The molecule has 2 aliphatic heterocycles. The Balaban J connectivity index is 1.54. The van der Waals surface area contributed by atoms with Gasteiger partial charge in [0.1, 0.15) is 28.5 Å². The molecule has 0 aliphatic carbocycles. The van der Waals surface area contributed by atoms with E-state index in [2.05, 4.69) is 0 Å². The van der Waals surface area contributed by atoms with Crippen molar-refractivity contribution in [3.05, 3.63) is 58.6 Å². The van der Waals surface area contributed by atoms with Gasteiger partial charge < -0.3 is 10.0 Å². The van der Waals surface area contributed by atoms with E-state index in [-0.39, 0.29) is 23.7 Å². The number of carboxylic acids is 1. The van der Waals surface area contributed by atoms with E-state index in [1.54, 1.807) is 6.07 Å². The maximum absolute atomic E-state index is 14.4. The monoisotopic (exact) mass is 526 g/mol. The van der Waals surface area contributed by atoms with Gasteiger partial charge in [0.05, 0.1) is 5.69 Å². The lowest BCUT2D eigenvalue weighted by molar-refractivity contribution is -0.156. The van der Waals surface area contributed by atoms with Crippen molar-refractivity contribution in [3.8, 4) is 0 Å². The van der Waals surface area contributed by atoms with E-state index in [9.17, 15) is 28.3 Å². The van der Waals surface area contributed by atoms with Crippen LogP contribution in [0.15, 0.2) is 41.3 Å². The van der Waals surface area contributed by atoms with Crippen molar-refractivity contribution in [1.29, 1.82) is 0 Å². The van der Waals surface area contributed by atoms with Gasteiger partial charge in [0, 0.05) is 41.0 Å². The number of carbonyl (C=O) groups excluding carboxylic acids is 2. The molecule has 6 nitrogen and oxygen atoms in total. The quantitative estimate of drug-likeness (QED) is 0.443. The highest BCUT2D eigenvalue weighted by molar-refractivity contribution is 8.00. The largest absolute Gasteiger partial charge is 0.481 e. The van der Waals surface area contributed by atoms with Crippen molar-refractivity contribution in [2.45, 2.75) is 30.2 Å². The zero-order valence-corrected chi connectivity index (χ0v) is 20.6. The minimum atomic E-state index is -1.20. The molecule has 0 bridgehead atoms. The van der Waals surface area contributed by atoms with Crippen LogP contribution in [-0.2, 0) is 14.4 Å². The van der Waals surface area contributed by atoms with Crippen LogP contribution in [0, 0.1) is 24.0 Å². The minimum absolute atomic E-state index is 0.0282. The van der Waals surface area contributed by atoms with Crippen LogP contribution in [-0.4, -0.2) is 57.3 Å². The van der Waals surface area contributed by atoms with Crippen LogP contribution >= 0.6 is 35.1 Å². The second-order valence-corrected chi connectivity index (χ2v) is 11.0. The number of benzene rings is 2. The van der Waals surface area contributed by atoms with E-state index in [0.29, 0.717) is 11.1 Å². The topological polar surface area (TPSA) is 77.9 Å². The first kappa shape index (κ1) is 24.8. The smallest absolute Gasteiger partial charge is 0.313 e. The average molecular weight is 527 g/mol. The highest BCUT2D eigenvalue weighted by Crippen LogP contribution is 2.47. The van der Waals surface area contributed by atoms with Gasteiger partial charge in [0.15, 0.2) is 0 Å². The lowest BCUT2D eigenvalue weighted by atomic mass is 9.89. The predicted octanol–water partition coefficient (Wildman–Crippen LogP) is 4.43. The third kappa shape index (κ3) is 4.50. The molecular formula is C23H21ClF2N2O4S2. The Morgan fingerprint density at radius 3 is 2.65 bits per heavy atom. The van der Waals surface area contributed by atoms with Crippen molar-refractivity contribution >= 4 is 58.6 Å². The van der Waals surface area contributed by atoms with Crippen molar-refractivity contribution < 1.29 is 28.3 Å². The van der Waals surface area contributed by atoms with Crippen molar-refractivity contribution in [1.82, 2.24) is 4.90 Å². The SMILES string of the molecule is CC(=O)N(c1ccc(F)cc1F)C1C(=O)N2CC(CSc3cc(C)cc(Cl)c3)(C(=O)O)CS[C@H]12. The first-order chi connectivity index (χ1) is 16.0. The second-order valence-electron chi connectivity index (χ2n) is 8.44. The molecule has 2 aromatic rings. The molecule has 2 unspecified atom stereocenters. The van der Waals surface area contributed by atoms with Gasteiger partial charge in [0.2, 0.25) is 11.8 Å². The summed E-state index contributed by atoms with van der Waals surface area (Å²) in [5, 5.41) is 10.1. The summed E-state index contributed by atoms with van der Waals surface area (Å²) >= 11 is 8.72. The third-order valence-corrected chi connectivity index (χ3v) is 8.95. The molecule has 4 rings (SSSR count). The second kappa shape index (κ2) is 9.39. The fourth-order valence-electron chi connectivity index (χ4n) is 4.19. The molecule has 2 aromatic carbocycles. The van der Waals surface area contributed by atoms with Crippen LogP contribution < -0.4 is 4.90 Å². The van der Waals surface area contributed by atoms with Gasteiger partial charge in [-0.1, -0.05) is 11.6 Å². The number of β-lactam (4-membered cyclic amide) rings is 1. The molecule has 1 N–H and O–H groups in total. The number of aryl methyl sites for hydroxylation is 1. The van der Waals surface area contributed by atoms with Gasteiger partial charge in [-0.3, -0.25) is 19.3 Å². The number of nitrogens with zero attached hydrogens (tertiary/aromatic N) is 2. The highest BCUT2D eigenvalue weighted by Gasteiger charge is 2.59. The first-order valence-corrected chi connectivity index (χ1v) is 12.7.